The number of nitrogens with one attached hydrogen (secondary N) is 1. The fraction of sp³-hybridized carbons (Fsp3) is 0.700. The third-order valence-electron chi connectivity index (χ3n) is 2.29. The summed E-state index contributed by atoms with van der Waals surface area (Å²) < 4.78 is 1.54. The van der Waals surface area contributed by atoms with E-state index < -0.39 is 0 Å². The Balaban J connectivity index is 3.05. The second-order valence-electron chi connectivity index (χ2n) is 4.15. The van der Waals surface area contributed by atoms with Gasteiger partial charge >= 0.3 is 5.69 Å². The Morgan fingerprint density at radius 2 is 2.19 bits per heavy atom. The summed E-state index contributed by atoms with van der Waals surface area (Å²) in [5, 5.41) is 18.2. The predicted molar refractivity (Wildman–Crippen MR) is 62.6 cm³/mol. The molecule has 1 N–H and O–H groups in total. The maximum Gasteiger partial charge on any atom is 0.333 e. The van der Waals surface area contributed by atoms with Crippen molar-refractivity contribution in [2.24, 2.45) is 13.0 Å². The average Bonchev–Trinajstić information content (AvgIpc) is 2.51. The van der Waals surface area contributed by atoms with Crippen LogP contribution in [0.1, 0.15) is 26.5 Å². The Kier molecular flexibility index (Phi) is 3.87. The van der Waals surface area contributed by atoms with E-state index in [9.17, 15) is 10.1 Å². The van der Waals surface area contributed by atoms with Crippen molar-refractivity contribution < 1.29 is 4.92 Å². The van der Waals surface area contributed by atoms with Crippen LogP contribution in [0.25, 0.3) is 0 Å². The molecular formula is C10H18N4O2. The zero-order chi connectivity index (χ0) is 12.3. The van der Waals surface area contributed by atoms with Gasteiger partial charge in [0.1, 0.15) is 5.69 Å². The molecular weight excluding hydrogens is 208 g/mol. The topological polar surface area (TPSA) is 73.0 Å². The van der Waals surface area contributed by atoms with Crippen LogP contribution in [0.3, 0.4) is 0 Å². The third kappa shape index (κ3) is 2.50. The highest BCUT2D eigenvalue weighted by molar-refractivity contribution is 5.59. The zero-order valence-corrected chi connectivity index (χ0v) is 10.1. The molecule has 0 aliphatic heterocycles. The lowest BCUT2D eigenvalue weighted by atomic mass is 10.2. The van der Waals surface area contributed by atoms with Gasteiger partial charge in [0, 0.05) is 13.6 Å². The van der Waals surface area contributed by atoms with Crippen LogP contribution in [-0.2, 0) is 13.5 Å². The monoisotopic (exact) mass is 226 g/mol. The fourth-order valence-electron chi connectivity index (χ4n) is 1.50. The zero-order valence-electron chi connectivity index (χ0n) is 10.1. The highest BCUT2D eigenvalue weighted by Gasteiger charge is 2.25. The smallest absolute Gasteiger partial charge is 0.333 e. The molecule has 1 heterocycles. The summed E-state index contributed by atoms with van der Waals surface area (Å²) in [6.07, 6.45) is 0.563. The number of hydrogen-bond donors (Lipinski definition) is 1. The van der Waals surface area contributed by atoms with Gasteiger partial charge in [-0.05, 0) is 12.3 Å². The van der Waals surface area contributed by atoms with Gasteiger partial charge in [-0.15, -0.1) is 0 Å². The summed E-state index contributed by atoms with van der Waals surface area (Å²) in [6, 6.07) is 0. The van der Waals surface area contributed by atoms with E-state index >= 15 is 0 Å². The molecule has 1 rings (SSSR count). The van der Waals surface area contributed by atoms with E-state index in [2.05, 4.69) is 24.3 Å². The van der Waals surface area contributed by atoms with Gasteiger partial charge in [-0.2, -0.15) is 5.10 Å². The molecule has 0 radical (unpaired) electrons. The molecule has 0 bridgehead atoms. The standard InChI is InChI=1S/C10H18N4O2/c1-5-8-9(14(15)16)10(13(4)12-8)11-6-7(2)3/h7,11H,5-6H2,1-4H3. The molecule has 6 nitrogen and oxygen atoms in total. The number of rotatable bonds is 5. The fourth-order valence-corrected chi connectivity index (χ4v) is 1.50. The van der Waals surface area contributed by atoms with Crippen molar-refractivity contribution in [3.05, 3.63) is 15.8 Å². The summed E-state index contributed by atoms with van der Waals surface area (Å²) in [4.78, 5) is 10.6. The van der Waals surface area contributed by atoms with Crippen molar-refractivity contribution in [3.8, 4) is 0 Å². The molecule has 16 heavy (non-hydrogen) atoms. The molecule has 0 fully saturated rings. The predicted octanol–water partition coefficient (Wildman–Crippen LogP) is 1.96. The van der Waals surface area contributed by atoms with E-state index in [-0.39, 0.29) is 10.6 Å². The van der Waals surface area contributed by atoms with Gasteiger partial charge in [0.15, 0.2) is 0 Å². The molecule has 6 heteroatoms. The van der Waals surface area contributed by atoms with Crippen molar-refractivity contribution in [1.29, 1.82) is 0 Å². The molecule has 1 aromatic rings. The Hall–Kier alpha value is -1.59. The minimum Gasteiger partial charge on any atom is -0.364 e. The Morgan fingerprint density at radius 3 is 2.62 bits per heavy atom. The van der Waals surface area contributed by atoms with E-state index in [1.807, 2.05) is 6.92 Å². The quantitative estimate of drug-likeness (QED) is 0.615. The molecule has 90 valence electrons. The van der Waals surface area contributed by atoms with E-state index in [0.29, 0.717) is 30.4 Å². The first-order valence-electron chi connectivity index (χ1n) is 5.41. The van der Waals surface area contributed by atoms with Crippen molar-refractivity contribution in [2.75, 3.05) is 11.9 Å². The van der Waals surface area contributed by atoms with E-state index in [1.165, 1.54) is 0 Å². The van der Waals surface area contributed by atoms with Gasteiger partial charge in [-0.25, -0.2) is 4.68 Å². The summed E-state index contributed by atoms with van der Waals surface area (Å²) in [5.41, 5.74) is 0.629. The highest BCUT2D eigenvalue weighted by atomic mass is 16.6. The lowest BCUT2D eigenvalue weighted by Gasteiger charge is -2.07. The lowest BCUT2D eigenvalue weighted by Crippen LogP contribution is -2.12. The summed E-state index contributed by atoms with van der Waals surface area (Å²) in [7, 11) is 1.72. The molecule has 0 aliphatic rings. The first kappa shape index (κ1) is 12.5. The van der Waals surface area contributed by atoms with Crippen LogP contribution >= 0.6 is 0 Å². The lowest BCUT2D eigenvalue weighted by molar-refractivity contribution is -0.384. The second kappa shape index (κ2) is 4.96. The summed E-state index contributed by atoms with van der Waals surface area (Å²) in [5.74, 6) is 0.926. The van der Waals surface area contributed by atoms with Crippen LogP contribution in [-0.4, -0.2) is 21.2 Å². The van der Waals surface area contributed by atoms with E-state index in [1.54, 1.807) is 11.7 Å². The normalized spacial score (nSPS) is 10.8. The van der Waals surface area contributed by atoms with E-state index in [0.717, 1.165) is 0 Å². The summed E-state index contributed by atoms with van der Waals surface area (Å²) in [6.45, 7) is 6.66. The number of anilines is 1. The first-order chi connectivity index (χ1) is 7.47. The summed E-state index contributed by atoms with van der Waals surface area (Å²) >= 11 is 0. The third-order valence-corrected chi connectivity index (χ3v) is 2.29. The number of nitro groups is 1. The second-order valence-corrected chi connectivity index (χ2v) is 4.15. The van der Waals surface area contributed by atoms with Gasteiger partial charge in [0.2, 0.25) is 5.82 Å². The van der Waals surface area contributed by atoms with Crippen molar-refractivity contribution in [3.63, 3.8) is 0 Å². The number of hydrogen-bond acceptors (Lipinski definition) is 4. The molecule has 0 aromatic carbocycles. The molecule has 0 spiro atoms. The maximum absolute atomic E-state index is 11.0. The van der Waals surface area contributed by atoms with Crippen LogP contribution in [0.15, 0.2) is 0 Å². The molecule has 0 saturated heterocycles. The van der Waals surface area contributed by atoms with Crippen LogP contribution in [0.5, 0.6) is 0 Å². The van der Waals surface area contributed by atoms with Gasteiger partial charge in [0.25, 0.3) is 0 Å². The maximum atomic E-state index is 11.0. The van der Waals surface area contributed by atoms with Crippen LogP contribution < -0.4 is 5.32 Å². The van der Waals surface area contributed by atoms with Crippen molar-refractivity contribution >= 4 is 11.5 Å². The van der Waals surface area contributed by atoms with Crippen LogP contribution in [0, 0.1) is 16.0 Å². The molecule has 1 aromatic heterocycles. The molecule has 0 amide bonds. The van der Waals surface area contributed by atoms with Crippen molar-refractivity contribution in [2.45, 2.75) is 27.2 Å². The minimum atomic E-state index is -0.367. The Morgan fingerprint density at radius 1 is 1.56 bits per heavy atom. The van der Waals surface area contributed by atoms with Gasteiger partial charge in [0.05, 0.1) is 4.92 Å². The Labute approximate surface area is 94.8 Å². The van der Waals surface area contributed by atoms with Gasteiger partial charge in [-0.1, -0.05) is 20.8 Å². The number of nitrogens with zero attached hydrogens (tertiary/aromatic N) is 3. The van der Waals surface area contributed by atoms with Crippen LogP contribution in [0.4, 0.5) is 11.5 Å². The van der Waals surface area contributed by atoms with Gasteiger partial charge in [-0.3, -0.25) is 10.1 Å². The van der Waals surface area contributed by atoms with Crippen LogP contribution in [0.2, 0.25) is 0 Å². The number of aryl methyl sites for hydroxylation is 2. The van der Waals surface area contributed by atoms with E-state index in [4.69, 9.17) is 0 Å². The highest BCUT2D eigenvalue weighted by Crippen LogP contribution is 2.28. The molecule has 0 unspecified atom stereocenters. The molecule has 0 saturated carbocycles. The van der Waals surface area contributed by atoms with Crippen molar-refractivity contribution in [1.82, 2.24) is 9.78 Å². The largest absolute Gasteiger partial charge is 0.364 e. The molecule has 0 aliphatic carbocycles. The minimum absolute atomic E-state index is 0.102. The Bertz CT molecular complexity index is 384. The molecule has 0 atom stereocenters. The van der Waals surface area contributed by atoms with Gasteiger partial charge < -0.3 is 5.32 Å². The number of aromatic nitrogens is 2. The SMILES string of the molecule is CCc1nn(C)c(NCC(C)C)c1[N+](=O)[O-]. The first-order valence-corrected chi connectivity index (χ1v) is 5.41. The average molecular weight is 226 g/mol.